The maximum atomic E-state index is 11.1. The minimum absolute atomic E-state index is 0.122. The van der Waals surface area contributed by atoms with Crippen LogP contribution < -0.4 is 0 Å². The largest absolute Gasteiger partial charge is 0.346 e. The van der Waals surface area contributed by atoms with Crippen LogP contribution >= 0.6 is 11.8 Å². The first-order valence-corrected chi connectivity index (χ1v) is 6.84. The van der Waals surface area contributed by atoms with Gasteiger partial charge in [0, 0.05) is 30.7 Å². The maximum Gasteiger partial charge on any atom is 0.219 e. The van der Waals surface area contributed by atoms with E-state index in [-0.39, 0.29) is 5.91 Å². The zero-order valence-electron chi connectivity index (χ0n) is 11.1. The van der Waals surface area contributed by atoms with Crippen LogP contribution in [0.1, 0.15) is 26.3 Å². The molecule has 0 aliphatic carbocycles. The Morgan fingerprint density at radius 1 is 1.29 bits per heavy atom. The molecule has 2 nitrogen and oxygen atoms in total. The smallest absolute Gasteiger partial charge is 0.219 e. The van der Waals surface area contributed by atoms with Crippen molar-refractivity contribution in [2.24, 2.45) is 0 Å². The van der Waals surface area contributed by atoms with Gasteiger partial charge in [0.15, 0.2) is 0 Å². The molecule has 1 rings (SSSR count). The number of nitrogens with zero attached hydrogens (tertiary/aromatic N) is 1. The second-order valence-electron chi connectivity index (χ2n) is 4.50. The standard InChI is InChI=1S/C14H21NOS/c1-11(2)17-14-7-5-13(6-8-14)9-10-15(4)12(3)16/h5-8,11H,9-10H2,1-4H3. The third-order valence-electron chi connectivity index (χ3n) is 2.57. The van der Waals surface area contributed by atoms with E-state index in [4.69, 9.17) is 0 Å². The average Bonchev–Trinajstić information content (AvgIpc) is 2.26. The van der Waals surface area contributed by atoms with Crippen molar-refractivity contribution in [2.45, 2.75) is 37.3 Å². The molecule has 3 heteroatoms. The monoisotopic (exact) mass is 251 g/mol. The molecule has 0 unspecified atom stereocenters. The van der Waals surface area contributed by atoms with E-state index >= 15 is 0 Å². The number of benzene rings is 1. The van der Waals surface area contributed by atoms with Crippen LogP contribution in [0.5, 0.6) is 0 Å². The van der Waals surface area contributed by atoms with Gasteiger partial charge in [-0.15, -0.1) is 11.8 Å². The molecule has 0 aliphatic rings. The summed E-state index contributed by atoms with van der Waals surface area (Å²) in [5.41, 5.74) is 1.28. The Kier molecular flexibility index (Phi) is 5.56. The van der Waals surface area contributed by atoms with Gasteiger partial charge in [0.2, 0.25) is 5.91 Å². The Morgan fingerprint density at radius 3 is 2.35 bits per heavy atom. The van der Waals surface area contributed by atoms with Crippen molar-refractivity contribution in [1.82, 2.24) is 4.90 Å². The minimum atomic E-state index is 0.122. The van der Waals surface area contributed by atoms with E-state index < -0.39 is 0 Å². The molecule has 0 fully saturated rings. The van der Waals surface area contributed by atoms with Crippen molar-refractivity contribution >= 4 is 17.7 Å². The Bertz CT molecular complexity index is 359. The zero-order valence-corrected chi connectivity index (χ0v) is 11.9. The van der Waals surface area contributed by atoms with Crippen molar-refractivity contribution < 1.29 is 4.79 Å². The van der Waals surface area contributed by atoms with Crippen LogP contribution in [0.3, 0.4) is 0 Å². The lowest BCUT2D eigenvalue weighted by Gasteiger charge is -2.14. The Labute approximate surface area is 108 Å². The highest BCUT2D eigenvalue weighted by molar-refractivity contribution is 7.99. The number of carbonyl (C=O) groups is 1. The molecular formula is C14H21NOS. The summed E-state index contributed by atoms with van der Waals surface area (Å²) in [6, 6.07) is 8.62. The number of hydrogen-bond acceptors (Lipinski definition) is 2. The molecule has 0 saturated heterocycles. The molecule has 17 heavy (non-hydrogen) atoms. The second kappa shape index (κ2) is 6.70. The zero-order chi connectivity index (χ0) is 12.8. The van der Waals surface area contributed by atoms with Crippen LogP contribution in [0.15, 0.2) is 29.2 Å². The van der Waals surface area contributed by atoms with E-state index in [2.05, 4.69) is 38.1 Å². The van der Waals surface area contributed by atoms with E-state index in [1.807, 2.05) is 18.8 Å². The first-order chi connectivity index (χ1) is 7.99. The van der Waals surface area contributed by atoms with E-state index in [0.717, 1.165) is 13.0 Å². The fourth-order valence-electron chi connectivity index (χ4n) is 1.46. The van der Waals surface area contributed by atoms with Crippen LogP contribution in [-0.4, -0.2) is 29.6 Å². The van der Waals surface area contributed by atoms with Gasteiger partial charge in [-0.2, -0.15) is 0 Å². The fourth-order valence-corrected chi connectivity index (χ4v) is 2.30. The number of carbonyl (C=O) groups excluding carboxylic acids is 1. The second-order valence-corrected chi connectivity index (χ2v) is 6.15. The lowest BCUT2D eigenvalue weighted by atomic mass is 10.1. The van der Waals surface area contributed by atoms with Crippen LogP contribution in [0, 0.1) is 0 Å². The normalized spacial score (nSPS) is 10.6. The molecule has 0 heterocycles. The SMILES string of the molecule is CC(=O)N(C)CCc1ccc(SC(C)C)cc1. The summed E-state index contributed by atoms with van der Waals surface area (Å²) in [5.74, 6) is 0.122. The van der Waals surface area contributed by atoms with Gasteiger partial charge in [0.25, 0.3) is 0 Å². The van der Waals surface area contributed by atoms with Crippen molar-refractivity contribution in [3.8, 4) is 0 Å². The molecule has 0 spiro atoms. The van der Waals surface area contributed by atoms with E-state index in [1.165, 1.54) is 10.5 Å². The topological polar surface area (TPSA) is 20.3 Å². The van der Waals surface area contributed by atoms with Crippen LogP contribution in [0.4, 0.5) is 0 Å². The Morgan fingerprint density at radius 2 is 1.88 bits per heavy atom. The number of hydrogen-bond donors (Lipinski definition) is 0. The molecule has 94 valence electrons. The highest BCUT2D eigenvalue weighted by Gasteiger charge is 2.03. The third-order valence-corrected chi connectivity index (χ3v) is 3.58. The molecule has 0 radical (unpaired) electrons. The van der Waals surface area contributed by atoms with Crippen molar-refractivity contribution in [2.75, 3.05) is 13.6 Å². The molecule has 0 N–H and O–H groups in total. The molecular weight excluding hydrogens is 230 g/mol. The van der Waals surface area contributed by atoms with E-state index in [0.29, 0.717) is 5.25 Å². The Hall–Kier alpha value is -0.960. The van der Waals surface area contributed by atoms with Crippen LogP contribution in [-0.2, 0) is 11.2 Å². The third kappa shape index (κ3) is 5.26. The molecule has 1 amide bonds. The molecule has 0 atom stereocenters. The number of rotatable bonds is 5. The van der Waals surface area contributed by atoms with Gasteiger partial charge in [-0.1, -0.05) is 26.0 Å². The summed E-state index contributed by atoms with van der Waals surface area (Å²) in [5, 5.41) is 0.615. The summed E-state index contributed by atoms with van der Waals surface area (Å²) in [4.78, 5) is 14.1. The van der Waals surface area contributed by atoms with Gasteiger partial charge in [0.05, 0.1) is 0 Å². The molecule has 0 bridgehead atoms. The van der Waals surface area contributed by atoms with Crippen molar-refractivity contribution in [1.29, 1.82) is 0 Å². The molecule has 0 aromatic heterocycles. The lowest BCUT2D eigenvalue weighted by Crippen LogP contribution is -2.26. The predicted molar refractivity (Wildman–Crippen MR) is 74.5 cm³/mol. The maximum absolute atomic E-state index is 11.1. The van der Waals surface area contributed by atoms with E-state index in [1.54, 1.807) is 11.8 Å². The number of likely N-dealkylation sites (N-methyl/N-ethyl adjacent to an activating group) is 1. The fraction of sp³-hybridized carbons (Fsp3) is 0.500. The molecule has 1 aromatic rings. The summed E-state index contributed by atoms with van der Waals surface area (Å²) in [7, 11) is 1.84. The lowest BCUT2D eigenvalue weighted by molar-refractivity contribution is -0.127. The average molecular weight is 251 g/mol. The molecule has 0 aliphatic heterocycles. The van der Waals surface area contributed by atoms with Gasteiger partial charge >= 0.3 is 0 Å². The van der Waals surface area contributed by atoms with Gasteiger partial charge in [-0.3, -0.25) is 4.79 Å². The molecule has 1 aromatic carbocycles. The van der Waals surface area contributed by atoms with E-state index in [9.17, 15) is 4.79 Å². The number of thioether (sulfide) groups is 1. The van der Waals surface area contributed by atoms with Gasteiger partial charge < -0.3 is 4.90 Å². The van der Waals surface area contributed by atoms with Crippen LogP contribution in [0.25, 0.3) is 0 Å². The van der Waals surface area contributed by atoms with Gasteiger partial charge in [-0.05, 0) is 24.1 Å². The summed E-state index contributed by atoms with van der Waals surface area (Å²) in [6.45, 7) is 6.77. The quantitative estimate of drug-likeness (QED) is 0.749. The number of amides is 1. The van der Waals surface area contributed by atoms with Crippen molar-refractivity contribution in [3.05, 3.63) is 29.8 Å². The summed E-state index contributed by atoms with van der Waals surface area (Å²) >= 11 is 1.87. The first kappa shape index (κ1) is 14.1. The van der Waals surface area contributed by atoms with Gasteiger partial charge in [-0.25, -0.2) is 0 Å². The summed E-state index contributed by atoms with van der Waals surface area (Å²) in [6.07, 6.45) is 0.919. The molecule has 0 saturated carbocycles. The summed E-state index contributed by atoms with van der Waals surface area (Å²) < 4.78 is 0. The minimum Gasteiger partial charge on any atom is -0.346 e. The first-order valence-electron chi connectivity index (χ1n) is 5.96. The predicted octanol–water partition coefficient (Wildman–Crippen LogP) is 3.21. The van der Waals surface area contributed by atoms with Crippen LogP contribution in [0.2, 0.25) is 0 Å². The highest BCUT2D eigenvalue weighted by atomic mass is 32.2. The Balaban J connectivity index is 2.48. The van der Waals surface area contributed by atoms with Crippen molar-refractivity contribution in [3.63, 3.8) is 0 Å². The van der Waals surface area contributed by atoms with Gasteiger partial charge in [0.1, 0.15) is 0 Å². The highest BCUT2D eigenvalue weighted by Crippen LogP contribution is 2.22.